The van der Waals surface area contributed by atoms with Crippen LogP contribution < -0.4 is 5.32 Å². The van der Waals surface area contributed by atoms with Crippen molar-refractivity contribution >= 4 is 11.8 Å². The minimum atomic E-state index is -0.214. The molecule has 16 heavy (non-hydrogen) atoms. The summed E-state index contributed by atoms with van der Waals surface area (Å²) < 4.78 is 0. The van der Waals surface area contributed by atoms with E-state index in [-0.39, 0.29) is 17.9 Å². The maximum absolute atomic E-state index is 12.2. The van der Waals surface area contributed by atoms with Gasteiger partial charge in [-0.05, 0) is 37.5 Å². The van der Waals surface area contributed by atoms with E-state index in [0.717, 1.165) is 19.4 Å². The minimum Gasteiger partial charge on any atom is -0.344 e. The first-order chi connectivity index (χ1) is 7.74. The van der Waals surface area contributed by atoms with Crippen LogP contribution in [0.2, 0.25) is 0 Å². The Morgan fingerprint density at radius 3 is 2.56 bits per heavy atom. The van der Waals surface area contributed by atoms with Crippen molar-refractivity contribution in [3.05, 3.63) is 0 Å². The lowest BCUT2D eigenvalue weighted by Crippen LogP contribution is -2.46. The maximum Gasteiger partial charge on any atom is 0.245 e. The van der Waals surface area contributed by atoms with Gasteiger partial charge in [-0.3, -0.25) is 9.59 Å². The third-order valence-corrected chi connectivity index (χ3v) is 3.77. The third-order valence-electron chi connectivity index (χ3n) is 3.77. The molecule has 1 saturated heterocycles. The molecule has 3 fully saturated rings. The van der Waals surface area contributed by atoms with E-state index >= 15 is 0 Å². The second-order valence-electron chi connectivity index (χ2n) is 5.36. The van der Waals surface area contributed by atoms with Crippen LogP contribution >= 0.6 is 0 Å². The van der Waals surface area contributed by atoms with Crippen molar-refractivity contribution in [2.75, 3.05) is 13.1 Å². The summed E-state index contributed by atoms with van der Waals surface area (Å²) in [6.07, 6.45) is 5.15. The summed E-state index contributed by atoms with van der Waals surface area (Å²) in [6.45, 7) is 1.49. The Kier molecular flexibility index (Phi) is 2.37. The highest BCUT2D eigenvalue weighted by atomic mass is 16.2. The summed E-state index contributed by atoms with van der Waals surface area (Å²) in [4.78, 5) is 25.7. The Hall–Kier alpha value is -1.06. The SMILES string of the molecule is O=C1CCN(CC2CC2)C(=O)C(C2CC2)N1. The van der Waals surface area contributed by atoms with E-state index in [9.17, 15) is 9.59 Å². The number of amides is 2. The number of hydrogen-bond donors (Lipinski definition) is 1. The molecule has 1 heterocycles. The molecule has 0 aromatic heterocycles. The average molecular weight is 222 g/mol. The van der Waals surface area contributed by atoms with Gasteiger partial charge in [0.15, 0.2) is 0 Å². The van der Waals surface area contributed by atoms with Crippen LogP contribution in [0.3, 0.4) is 0 Å². The fourth-order valence-electron chi connectivity index (χ4n) is 2.39. The normalized spacial score (nSPS) is 31.2. The van der Waals surface area contributed by atoms with Crippen LogP contribution in [0.1, 0.15) is 32.1 Å². The molecule has 2 amide bonds. The predicted molar refractivity (Wildman–Crippen MR) is 58.6 cm³/mol. The van der Waals surface area contributed by atoms with Crippen molar-refractivity contribution < 1.29 is 9.59 Å². The molecule has 1 aliphatic heterocycles. The first-order valence-electron chi connectivity index (χ1n) is 6.32. The van der Waals surface area contributed by atoms with E-state index in [1.165, 1.54) is 12.8 Å². The highest BCUT2D eigenvalue weighted by Gasteiger charge is 2.41. The zero-order chi connectivity index (χ0) is 11.1. The van der Waals surface area contributed by atoms with E-state index in [1.807, 2.05) is 4.90 Å². The number of hydrogen-bond acceptors (Lipinski definition) is 2. The van der Waals surface area contributed by atoms with Gasteiger partial charge < -0.3 is 10.2 Å². The van der Waals surface area contributed by atoms with Gasteiger partial charge in [0.05, 0.1) is 0 Å². The first-order valence-corrected chi connectivity index (χ1v) is 6.32. The van der Waals surface area contributed by atoms with Gasteiger partial charge in [0, 0.05) is 19.5 Å². The molecule has 1 N–H and O–H groups in total. The molecule has 0 spiro atoms. The van der Waals surface area contributed by atoms with Crippen LogP contribution in [0.5, 0.6) is 0 Å². The topological polar surface area (TPSA) is 49.4 Å². The molecule has 2 aliphatic carbocycles. The number of nitrogens with zero attached hydrogens (tertiary/aromatic N) is 1. The smallest absolute Gasteiger partial charge is 0.245 e. The highest BCUT2D eigenvalue weighted by Crippen LogP contribution is 2.35. The fraction of sp³-hybridized carbons (Fsp3) is 0.833. The minimum absolute atomic E-state index is 0.0450. The molecule has 88 valence electrons. The largest absolute Gasteiger partial charge is 0.344 e. The quantitative estimate of drug-likeness (QED) is 0.757. The average Bonchev–Trinajstić information content (AvgIpc) is 3.10. The van der Waals surface area contributed by atoms with Crippen LogP contribution in [-0.2, 0) is 9.59 Å². The summed E-state index contributed by atoms with van der Waals surface area (Å²) in [7, 11) is 0. The Balaban J connectivity index is 1.71. The molecule has 1 unspecified atom stereocenters. The summed E-state index contributed by atoms with van der Waals surface area (Å²) in [5, 5.41) is 2.88. The first kappa shape index (κ1) is 10.1. The van der Waals surface area contributed by atoms with Gasteiger partial charge in [0.25, 0.3) is 0 Å². The van der Waals surface area contributed by atoms with Gasteiger partial charge in [-0.15, -0.1) is 0 Å². The van der Waals surface area contributed by atoms with Gasteiger partial charge in [-0.2, -0.15) is 0 Å². The molecule has 4 heteroatoms. The van der Waals surface area contributed by atoms with Gasteiger partial charge in [-0.25, -0.2) is 0 Å². The zero-order valence-electron chi connectivity index (χ0n) is 9.45. The van der Waals surface area contributed by atoms with Crippen LogP contribution in [0.15, 0.2) is 0 Å². The van der Waals surface area contributed by atoms with Crippen molar-refractivity contribution in [2.45, 2.75) is 38.1 Å². The standard InChI is InChI=1S/C12H18N2O2/c15-10-5-6-14(7-8-1-2-8)12(16)11(13-10)9-3-4-9/h8-9,11H,1-7H2,(H,13,15). The number of carbonyl (C=O) groups excluding carboxylic acids is 2. The van der Waals surface area contributed by atoms with Crippen LogP contribution in [0.25, 0.3) is 0 Å². The van der Waals surface area contributed by atoms with E-state index in [4.69, 9.17) is 0 Å². The van der Waals surface area contributed by atoms with E-state index < -0.39 is 0 Å². The monoisotopic (exact) mass is 222 g/mol. The number of carbonyl (C=O) groups is 2. The molecule has 0 aromatic rings. The van der Waals surface area contributed by atoms with Crippen molar-refractivity contribution in [1.82, 2.24) is 10.2 Å². The van der Waals surface area contributed by atoms with Crippen LogP contribution in [0.4, 0.5) is 0 Å². The third kappa shape index (κ3) is 2.06. The molecule has 1 atom stereocenters. The Bertz CT molecular complexity index is 321. The number of nitrogens with one attached hydrogen (secondary N) is 1. The van der Waals surface area contributed by atoms with Gasteiger partial charge in [0.1, 0.15) is 6.04 Å². The number of rotatable bonds is 3. The van der Waals surface area contributed by atoms with Crippen LogP contribution in [-0.4, -0.2) is 35.8 Å². The van der Waals surface area contributed by atoms with Crippen LogP contribution in [0, 0.1) is 11.8 Å². The molecule has 2 saturated carbocycles. The molecule has 3 aliphatic rings. The summed E-state index contributed by atoms with van der Waals surface area (Å²) in [6, 6.07) is -0.214. The molecular formula is C12H18N2O2. The lowest BCUT2D eigenvalue weighted by atomic mass is 10.1. The van der Waals surface area contributed by atoms with Crippen molar-refractivity contribution in [3.63, 3.8) is 0 Å². The van der Waals surface area contributed by atoms with Gasteiger partial charge in [-0.1, -0.05) is 0 Å². The molecule has 4 nitrogen and oxygen atoms in total. The molecule has 0 bridgehead atoms. The lowest BCUT2D eigenvalue weighted by molar-refractivity contribution is -0.134. The Labute approximate surface area is 95.4 Å². The zero-order valence-corrected chi connectivity index (χ0v) is 9.45. The van der Waals surface area contributed by atoms with Gasteiger partial charge in [0.2, 0.25) is 11.8 Å². The lowest BCUT2D eigenvalue weighted by Gasteiger charge is -2.23. The van der Waals surface area contributed by atoms with Gasteiger partial charge >= 0.3 is 0 Å². The molecular weight excluding hydrogens is 204 g/mol. The Morgan fingerprint density at radius 2 is 1.94 bits per heavy atom. The van der Waals surface area contributed by atoms with Crippen molar-refractivity contribution in [2.24, 2.45) is 11.8 Å². The maximum atomic E-state index is 12.2. The van der Waals surface area contributed by atoms with E-state index in [2.05, 4.69) is 5.32 Å². The summed E-state index contributed by atoms with van der Waals surface area (Å²) >= 11 is 0. The van der Waals surface area contributed by atoms with Crippen molar-refractivity contribution in [1.29, 1.82) is 0 Å². The predicted octanol–water partition coefficient (Wildman–Crippen LogP) is 0.523. The van der Waals surface area contributed by atoms with E-state index in [1.54, 1.807) is 0 Å². The molecule has 0 radical (unpaired) electrons. The second kappa shape index (κ2) is 3.75. The summed E-state index contributed by atoms with van der Waals surface area (Å²) in [5.41, 5.74) is 0. The highest BCUT2D eigenvalue weighted by molar-refractivity contribution is 5.90. The molecule has 0 aromatic carbocycles. The van der Waals surface area contributed by atoms with Crippen molar-refractivity contribution in [3.8, 4) is 0 Å². The second-order valence-corrected chi connectivity index (χ2v) is 5.36. The molecule has 3 rings (SSSR count). The Morgan fingerprint density at radius 1 is 1.19 bits per heavy atom. The fourth-order valence-corrected chi connectivity index (χ4v) is 2.39. The summed E-state index contributed by atoms with van der Waals surface area (Å²) in [5.74, 6) is 1.33. The van der Waals surface area contributed by atoms with E-state index in [0.29, 0.717) is 24.8 Å².